The van der Waals surface area contributed by atoms with Gasteiger partial charge in [0.05, 0.1) is 0 Å². The first-order valence-electron chi connectivity index (χ1n) is 2.98. The molecule has 0 atom stereocenters. The first-order chi connectivity index (χ1) is 4.79. The standard InChI is InChI=1S/C4H3NO3.C2H6.CH4/c6-3-1-2-5-4(7)8-3;1-2;/h1-2H,(H,5,7);1-2H3;1H4. The summed E-state index contributed by atoms with van der Waals surface area (Å²) in [6.07, 6.45) is 1.23. The lowest BCUT2D eigenvalue weighted by Gasteiger charge is -1.74. The zero-order valence-corrected chi connectivity index (χ0v) is 5.88. The van der Waals surface area contributed by atoms with Gasteiger partial charge in [-0.25, -0.2) is 9.59 Å². The normalized spacial score (nSPS) is 7.09. The molecule has 11 heavy (non-hydrogen) atoms. The summed E-state index contributed by atoms with van der Waals surface area (Å²) in [4.78, 5) is 22.3. The Bertz CT molecular complexity index is 248. The van der Waals surface area contributed by atoms with Crippen LogP contribution in [0.15, 0.2) is 26.3 Å². The largest absolute Gasteiger partial charge is 0.419 e. The molecule has 64 valence electrons. The van der Waals surface area contributed by atoms with Crippen LogP contribution in [-0.4, -0.2) is 4.98 Å². The van der Waals surface area contributed by atoms with E-state index >= 15 is 0 Å². The van der Waals surface area contributed by atoms with Crippen LogP contribution >= 0.6 is 0 Å². The second kappa shape index (κ2) is 6.80. The molecule has 0 bridgehead atoms. The molecule has 0 saturated carbocycles. The average molecular weight is 159 g/mol. The first-order valence-corrected chi connectivity index (χ1v) is 2.98. The van der Waals surface area contributed by atoms with E-state index in [1.807, 2.05) is 13.8 Å². The van der Waals surface area contributed by atoms with E-state index in [0.29, 0.717) is 0 Å². The van der Waals surface area contributed by atoms with Gasteiger partial charge < -0.3 is 4.42 Å². The summed E-state index contributed by atoms with van der Waals surface area (Å²) >= 11 is 0. The highest BCUT2D eigenvalue weighted by Gasteiger charge is 1.81. The Morgan fingerprint density at radius 3 is 2.18 bits per heavy atom. The van der Waals surface area contributed by atoms with E-state index in [-0.39, 0.29) is 7.43 Å². The van der Waals surface area contributed by atoms with E-state index in [4.69, 9.17) is 0 Å². The highest BCUT2D eigenvalue weighted by molar-refractivity contribution is 4.72. The Labute approximate surface area is 64.9 Å². The van der Waals surface area contributed by atoms with Gasteiger partial charge in [0.1, 0.15) is 0 Å². The Morgan fingerprint density at radius 2 is 1.91 bits per heavy atom. The van der Waals surface area contributed by atoms with Crippen LogP contribution in [-0.2, 0) is 0 Å². The monoisotopic (exact) mass is 159 g/mol. The predicted molar refractivity (Wildman–Crippen MR) is 43.7 cm³/mol. The van der Waals surface area contributed by atoms with Crippen molar-refractivity contribution in [2.75, 3.05) is 0 Å². The summed E-state index contributed by atoms with van der Waals surface area (Å²) in [5.41, 5.74) is -0.631. The molecule has 4 heteroatoms. The quantitative estimate of drug-likeness (QED) is 0.614. The molecule has 1 rings (SSSR count). The van der Waals surface area contributed by atoms with Crippen molar-refractivity contribution in [2.24, 2.45) is 0 Å². The summed E-state index contributed by atoms with van der Waals surface area (Å²) < 4.78 is 4.01. The predicted octanol–water partition coefficient (Wildman–Crippen LogP) is 0.990. The molecule has 0 aromatic carbocycles. The van der Waals surface area contributed by atoms with E-state index in [1.54, 1.807) is 0 Å². The molecule has 0 unspecified atom stereocenters. The molecule has 0 radical (unpaired) electrons. The van der Waals surface area contributed by atoms with Crippen LogP contribution in [0.4, 0.5) is 0 Å². The summed E-state index contributed by atoms with van der Waals surface area (Å²) in [6.45, 7) is 4.00. The van der Waals surface area contributed by atoms with Gasteiger partial charge in [0.15, 0.2) is 0 Å². The van der Waals surface area contributed by atoms with Gasteiger partial charge in [-0.05, 0) is 0 Å². The van der Waals surface area contributed by atoms with E-state index in [0.717, 1.165) is 6.07 Å². The van der Waals surface area contributed by atoms with Crippen LogP contribution in [0.2, 0.25) is 0 Å². The molecule has 1 aromatic heterocycles. The lowest BCUT2D eigenvalue weighted by Crippen LogP contribution is -2.10. The zero-order chi connectivity index (χ0) is 7.98. The molecule has 1 N–H and O–H groups in total. The third kappa shape index (κ3) is 5.14. The van der Waals surface area contributed by atoms with E-state index in [2.05, 4.69) is 9.40 Å². The molecule has 0 aliphatic heterocycles. The van der Waals surface area contributed by atoms with Gasteiger partial charge in [0.2, 0.25) is 0 Å². The average Bonchev–Trinajstić information content (AvgIpc) is 1.91. The molecule has 4 nitrogen and oxygen atoms in total. The lowest BCUT2D eigenvalue weighted by atomic mass is 10.7. The number of H-pyrrole nitrogens is 1. The summed E-state index contributed by atoms with van der Waals surface area (Å²) in [5, 5.41) is 0. The topological polar surface area (TPSA) is 63.1 Å². The van der Waals surface area contributed by atoms with Crippen molar-refractivity contribution < 1.29 is 4.42 Å². The smallest absolute Gasteiger partial charge is 0.373 e. The molecule has 0 amide bonds. The molecule has 1 heterocycles. The number of aromatic nitrogens is 1. The fraction of sp³-hybridized carbons (Fsp3) is 0.429. The van der Waals surface area contributed by atoms with Crippen molar-refractivity contribution in [3.05, 3.63) is 33.2 Å². The van der Waals surface area contributed by atoms with Gasteiger partial charge in [0.25, 0.3) is 0 Å². The van der Waals surface area contributed by atoms with Crippen LogP contribution < -0.4 is 11.4 Å². The van der Waals surface area contributed by atoms with Crippen molar-refractivity contribution in [3.8, 4) is 0 Å². The van der Waals surface area contributed by atoms with Crippen LogP contribution in [0.1, 0.15) is 21.3 Å². The fourth-order valence-electron chi connectivity index (χ4n) is 0.333. The maximum atomic E-state index is 10.1. The van der Waals surface area contributed by atoms with E-state index in [1.165, 1.54) is 6.20 Å². The maximum Gasteiger partial charge on any atom is 0.419 e. The van der Waals surface area contributed by atoms with Gasteiger partial charge in [0, 0.05) is 12.3 Å². The van der Waals surface area contributed by atoms with Crippen molar-refractivity contribution in [2.45, 2.75) is 21.3 Å². The minimum Gasteiger partial charge on any atom is -0.373 e. The summed E-state index contributed by atoms with van der Waals surface area (Å²) in [6, 6.07) is 1.13. The second-order valence-corrected chi connectivity index (χ2v) is 1.19. The second-order valence-electron chi connectivity index (χ2n) is 1.19. The highest BCUT2D eigenvalue weighted by Crippen LogP contribution is 1.56. The first kappa shape index (κ1) is 12.4. The maximum absolute atomic E-state index is 10.1. The molecule has 0 aliphatic carbocycles. The van der Waals surface area contributed by atoms with Crippen molar-refractivity contribution in [1.82, 2.24) is 4.98 Å². The van der Waals surface area contributed by atoms with Gasteiger partial charge in [-0.3, -0.25) is 4.98 Å². The molecule has 0 spiro atoms. The number of nitrogens with one attached hydrogen (secondary N) is 1. The van der Waals surface area contributed by atoms with Crippen LogP contribution in [0, 0.1) is 0 Å². The number of hydrogen-bond donors (Lipinski definition) is 1. The van der Waals surface area contributed by atoms with Crippen molar-refractivity contribution in [1.29, 1.82) is 0 Å². The number of aromatic amines is 1. The molecule has 0 aliphatic rings. The van der Waals surface area contributed by atoms with Crippen molar-refractivity contribution >= 4 is 0 Å². The third-order valence-electron chi connectivity index (χ3n) is 0.614. The summed E-state index contributed by atoms with van der Waals surface area (Å²) in [7, 11) is 0. The van der Waals surface area contributed by atoms with Crippen LogP contribution in [0.5, 0.6) is 0 Å². The van der Waals surface area contributed by atoms with Gasteiger partial charge >= 0.3 is 11.4 Å². The fourth-order valence-corrected chi connectivity index (χ4v) is 0.333. The Balaban J connectivity index is 0. The zero-order valence-electron chi connectivity index (χ0n) is 5.88. The van der Waals surface area contributed by atoms with Gasteiger partial charge in [-0.2, -0.15) is 0 Å². The van der Waals surface area contributed by atoms with E-state index < -0.39 is 11.4 Å². The number of hydrogen-bond acceptors (Lipinski definition) is 3. The van der Waals surface area contributed by atoms with E-state index in [9.17, 15) is 9.59 Å². The molecular formula is C7H13NO3. The van der Waals surface area contributed by atoms with Gasteiger partial charge in [-0.15, -0.1) is 0 Å². The minimum absolute atomic E-state index is 0. The molecular weight excluding hydrogens is 146 g/mol. The summed E-state index contributed by atoms with van der Waals surface area (Å²) in [5.74, 6) is -0.725. The minimum atomic E-state index is -0.725. The molecule has 1 aromatic rings. The Hall–Kier alpha value is -1.32. The highest BCUT2D eigenvalue weighted by atomic mass is 16.4. The third-order valence-corrected chi connectivity index (χ3v) is 0.614. The van der Waals surface area contributed by atoms with Crippen LogP contribution in [0.25, 0.3) is 0 Å². The Morgan fingerprint density at radius 1 is 1.36 bits per heavy atom. The number of rotatable bonds is 0. The van der Waals surface area contributed by atoms with Gasteiger partial charge in [-0.1, -0.05) is 21.3 Å². The Kier molecular flexibility index (Phi) is 7.64. The molecule has 0 fully saturated rings. The molecule has 0 saturated heterocycles. The lowest BCUT2D eigenvalue weighted by molar-refractivity contribution is 0.449. The SMILES string of the molecule is C.CC.O=c1cc[nH]c(=O)o1. The van der Waals surface area contributed by atoms with Crippen molar-refractivity contribution in [3.63, 3.8) is 0 Å². The van der Waals surface area contributed by atoms with Crippen LogP contribution in [0.3, 0.4) is 0 Å².